The molecule has 70 valence electrons. The van der Waals surface area contributed by atoms with Crippen LogP contribution in [0.15, 0.2) is 23.4 Å². The normalized spacial score (nSPS) is 11.5. The van der Waals surface area contributed by atoms with Crippen LogP contribution in [0.5, 0.6) is 0 Å². The summed E-state index contributed by atoms with van der Waals surface area (Å²) in [4.78, 5) is 4.69. The molecule has 0 atom stereocenters. The van der Waals surface area contributed by atoms with Crippen LogP contribution in [-0.4, -0.2) is 12.8 Å². The molecule has 0 aliphatic rings. The van der Waals surface area contributed by atoms with Gasteiger partial charge in [0.1, 0.15) is 7.11 Å². The first-order valence-electron chi connectivity index (χ1n) is 4.10. The molecule has 0 amide bonds. The maximum absolute atomic E-state index is 5.88. The molecule has 0 spiro atoms. The Morgan fingerprint density at radius 3 is 2.77 bits per heavy atom. The third-order valence-electron chi connectivity index (χ3n) is 1.94. The van der Waals surface area contributed by atoms with Crippen molar-refractivity contribution in [3.05, 3.63) is 29.3 Å². The Morgan fingerprint density at radius 2 is 2.15 bits per heavy atom. The maximum atomic E-state index is 5.88. The van der Waals surface area contributed by atoms with E-state index < -0.39 is 0 Å². The molecule has 13 heavy (non-hydrogen) atoms. The number of hydrogen-bond donors (Lipinski definition) is 1. The molecule has 2 N–H and O–H groups in total. The maximum Gasteiger partial charge on any atom is 0.106 e. The van der Waals surface area contributed by atoms with Crippen LogP contribution in [0.1, 0.15) is 18.1 Å². The SMILES string of the molecule is CON=C(C)c1cccc(C)c1N. The number of nitrogens with two attached hydrogens (primary N) is 1. The van der Waals surface area contributed by atoms with Gasteiger partial charge in [-0.05, 0) is 19.4 Å². The molecule has 0 fully saturated rings. The summed E-state index contributed by atoms with van der Waals surface area (Å²) in [7, 11) is 1.52. The Labute approximate surface area is 78.2 Å². The molecule has 0 bridgehead atoms. The smallest absolute Gasteiger partial charge is 0.106 e. The lowest BCUT2D eigenvalue weighted by molar-refractivity contribution is 0.213. The van der Waals surface area contributed by atoms with E-state index in [1.54, 1.807) is 0 Å². The van der Waals surface area contributed by atoms with Gasteiger partial charge in [-0.25, -0.2) is 0 Å². The molecule has 1 aromatic carbocycles. The number of anilines is 1. The second kappa shape index (κ2) is 3.94. The van der Waals surface area contributed by atoms with Gasteiger partial charge in [-0.1, -0.05) is 23.4 Å². The molecule has 0 aliphatic carbocycles. The van der Waals surface area contributed by atoms with E-state index in [-0.39, 0.29) is 0 Å². The Morgan fingerprint density at radius 1 is 1.46 bits per heavy atom. The predicted octanol–water partition coefficient (Wildman–Crippen LogP) is 1.95. The lowest BCUT2D eigenvalue weighted by Crippen LogP contribution is -2.02. The van der Waals surface area contributed by atoms with Crippen LogP contribution in [0.4, 0.5) is 5.69 Å². The number of nitrogen functional groups attached to an aromatic ring is 1. The highest BCUT2D eigenvalue weighted by Gasteiger charge is 2.04. The third kappa shape index (κ3) is 1.99. The predicted molar refractivity (Wildman–Crippen MR) is 54.8 cm³/mol. The van der Waals surface area contributed by atoms with Crippen molar-refractivity contribution in [1.29, 1.82) is 0 Å². The fraction of sp³-hybridized carbons (Fsp3) is 0.300. The highest BCUT2D eigenvalue weighted by atomic mass is 16.6. The number of benzene rings is 1. The van der Waals surface area contributed by atoms with Gasteiger partial charge in [0, 0.05) is 11.3 Å². The van der Waals surface area contributed by atoms with Gasteiger partial charge in [-0.15, -0.1) is 0 Å². The summed E-state index contributed by atoms with van der Waals surface area (Å²) >= 11 is 0. The van der Waals surface area contributed by atoms with Crippen LogP contribution in [0.2, 0.25) is 0 Å². The molecule has 0 aliphatic heterocycles. The lowest BCUT2D eigenvalue weighted by Gasteiger charge is -2.06. The van der Waals surface area contributed by atoms with Gasteiger partial charge in [0.2, 0.25) is 0 Å². The third-order valence-corrected chi connectivity index (χ3v) is 1.94. The quantitative estimate of drug-likeness (QED) is 0.427. The van der Waals surface area contributed by atoms with Crippen LogP contribution in [0.25, 0.3) is 0 Å². The molecular formula is C10H14N2O. The standard InChI is InChI=1S/C10H14N2O/c1-7-5-4-6-9(10(7)11)8(2)12-13-3/h4-6H,11H2,1-3H3. The fourth-order valence-electron chi connectivity index (χ4n) is 1.18. The Kier molecular flexibility index (Phi) is 2.90. The topological polar surface area (TPSA) is 47.6 Å². The summed E-state index contributed by atoms with van der Waals surface area (Å²) in [5.41, 5.74) is 9.43. The summed E-state index contributed by atoms with van der Waals surface area (Å²) in [5.74, 6) is 0. The minimum absolute atomic E-state index is 0.765. The van der Waals surface area contributed by atoms with Crippen molar-refractivity contribution in [3.8, 4) is 0 Å². The molecule has 0 heterocycles. The molecule has 3 heteroatoms. The summed E-state index contributed by atoms with van der Waals surface area (Å²) in [6.45, 7) is 3.84. The molecule has 0 saturated carbocycles. The van der Waals surface area contributed by atoms with Crippen LogP contribution >= 0.6 is 0 Å². The van der Waals surface area contributed by atoms with E-state index in [2.05, 4.69) is 9.99 Å². The first-order valence-corrected chi connectivity index (χ1v) is 4.10. The van der Waals surface area contributed by atoms with Crippen molar-refractivity contribution >= 4 is 11.4 Å². The molecular weight excluding hydrogens is 164 g/mol. The average Bonchev–Trinajstić information content (AvgIpc) is 2.10. The highest BCUT2D eigenvalue weighted by molar-refractivity contribution is 6.03. The second-order valence-corrected chi connectivity index (χ2v) is 2.90. The van der Waals surface area contributed by atoms with Gasteiger partial charge in [0.05, 0.1) is 5.71 Å². The van der Waals surface area contributed by atoms with Crippen LogP contribution in [0.3, 0.4) is 0 Å². The highest BCUT2D eigenvalue weighted by Crippen LogP contribution is 2.17. The van der Waals surface area contributed by atoms with E-state index in [0.717, 1.165) is 22.5 Å². The summed E-state index contributed by atoms with van der Waals surface area (Å²) in [5, 5.41) is 3.83. The van der Waals surface area contributed by atoms with E-state index in [9.17, 15) is 0 Å². The zero-order valence-electron chi connectivity index (χ0n) is 8.16. The van der Waals surface area contributed by atoms with Crippen molar-refractivity contribution in [2.45, 2.75) is 13.8 Å². The largest absolute Gasteiger partial charge is 0.399 e. The van der Waals surface area contributed by atoms with Crippen LogP contribution < -0.4 is 5.73 Å². The molecule has 0 saturated heterocycles. The lowest BCUT2D eigenvalue weighted by atomic mass is 10.1. The van der Waals surface area contributed by atoms with Gasteiger partial charge in [0.15, 0.2) is 0 Å². The molecule has 0 aromatic heterocycles. The second-order valence-electron chi connectivity index (χ2n) is 2.90. The number of oxime groups is 1. The van der Waals surface area contributed by atoms with Gasteiger partial charge in [-0.3, -0.25) is 0 Å². The van der Waals surface area contributed by atoms with Crippen molar-refractivity contribution in [3.63, 3.8) is 0 Å². The monoisotopic (exact) mass is 178 g/mol. The molecule has 3 nitrogen and oxygen atoms in total. The number of para-hydroxylation sites is 1. The van der Waals surface area contributed by atoms with E-state index >= 15 is 0 Å². The Bertz CT molecular complexity index is 332. The van der Waals surface area contributed by atoms with E-state index in [1.165, 1.54) is 7.11 Å². The summed E-state index contributed by atoms with van der Waals surface area (Å²) < 4.78 is 0. The minimum Gasteiger partial charge on any atom is -0.399 e. The van der Waals surface area contributed by atoms with Gasteiger partial charge in [-0.2, -0.15) is 0 Å². The van der Waals surface area contributed by atoms with E-state index in [1.807, 2.05) is 32.0 Å². The summed E-state index contributed by atoms with van der Waals surface area (Å²) in [6.07, 6.45) is 0. The van der Waals surface area contributed by atoms with Gasteiger partial charge in [0.25, 0.3) is 0 Å². The molecule has 1 rings (SSSR count). The van der Waals surface area contributed by atoms with Crippen molar-refractivity contribution in [1.82, 2.24) is 0 Å². The van der Waals surface area contributed by atoms with Crippen LogP contribution in [0, 0.1) is 6.92 Å². The molecule has 0 radical (unpaired) electrons. The zero-order chi connectivity index (χ0) is 9.84. The minimum atomic E-state index is 0.765. The first kappa shape index (κ1) is 9.58. The van der Waals surface area contributed by atoms with Crippen LogP contribution in [-0.2, 0) is 4.84 Å². The summed E-state index contributed by atoms with van der Waals surface area (Å²) in [6, 6.07) is 5.86. The van der Waals surface area contributed by atoms with Crippen molar-refractivity contribution < 1.29 is 4.84 Å². The molecule has 0 unspecified atom stereocenters. The zero-order valence-corrected chi connectivity index (χ0v) is 8.16. The number of nitrogens with zero attached hydrogens (tertiary/aromatic N) is 1. The number of rotatable bonds is 2. The molecule has 1 aromatic rings. The van der Waals surface area contributed by atoms with Crippen molar-refractivity contribution in [2.75, 3.05) is 12.8 Å². The van der Waals surface area contributed by atoms with Gasteiger partial charge < -0.3 is 10.6 Å². The number of aryl methyl sites for hydroxylation is 1. The average molecular weight is 178 g/mol. The Hall–Kier alpha value is -1.51. The Balaban J connectivity index is 3.15. The first-order chi connectivity index (χ1) is 6.16. The van der Waals surface area contributed by atoms with Crippen molar-refractivity contribution in [2.24, 2.45) is 5.16 Å². The van der Waals surface area contributed by atoms with E-state index in [4.69, 9.17) is 5.73 Å². The fourth-order valence-corrected chi connectivity index (χ4v) is 1.18. The number of hydrogen-bond acceptors (Lipinski definition) is 3. The van der Waals surface area contributed by atoms with Gasteiger partial charge >= 0.3 is 0 Å². The van der Waals surface area contributed by atoms with E-state index in [0.29, 0.717) is 0 Å².